The number of quaternary nitrogens is 1. The molecule has 10 heteroatoms. The molecular weight excluding hydrogens is 1160 g/mol. The van der Waals surface area contributed by atoms with Crippen LogP contribution in [0.15, 0.2) is 60.8 Å². The van der Waals surface area contributed by atoms with Crippen LogP contribution in [-0.2, 0) is 27.9 Å². The first-order chi connectivity index (χ1) is 44.9. The zero-order valence-corrected chi connectivity index (χ0v) is 62.9. The van der Waals surface area contributed by atoms with Gasteiger partial charge in [0, 0.05) is 12.8 Å². The number of esters is 1. The van der Waals surface area contributed by atoms with Gasteiger partial charge in [-0.3, -0.25) is 14.2 Å². The number of phosphoric ester groups is 1. The number of likely N-dealkylation sites (N-methyl/N-ethyl adjacent to an activating group) is 1. The minimum absolute atomic E-state index is 0.0204. The summed E-state index contributed by atoms with van der Waals surface area (Å²) in [5.74, 6) is -0.520. The lowest BCUT2D eigenvalue weighted by molar-refractivity contribution is -0.870. The molecule has 0 aliphatic carbocycles. The maximum Gasteiger partial charge on any atom is 0.306 e. The van der Waals surface area contributed by atoms with Crippen molar-refractivity contribution in [2.24, 2.45) is 0 Å². The molecule has 0 saturated carbocycles. The van der Waals surface area contributed by atoms with Crippen molar-refractivity contribution in [3.05, 3.63) is 60.8 Å². The van der Waals surface area contributed by atoms with Gasteiger partial charge in [-0.05, 0) is 96.0 Å². The number of hydrogen-bond donors (Lipinski definition) is 1. The molecule has 0 spiro atoms. The minimum Gasteiger partial charge on any atom is -0.756 e. The molecule has 3 unspecified atom stereocenters. The highest BCUT2D eigenvalue weighted by Crippen LogP contribution is 2.38. The fourth-order valence-corrected chi connectivity index (χ4v) is 12.7. The van der Waals surface area contributed by atoms with Gasteiger partial charge in [0.15, 0.2) is 0 Å². The Morgan fingerprint density at radius 3 is 1.00 bits per heavy atom. The number of allylic oxidation sites excluding steroid dienone is 9. The molecule has 0 rings (SSSR count). The smallest absolute Gasteiger partial charge is 0.306 e. The standard InChI is InChI=1S/C82H155N2O7P/c1-7-10-13-16-19-22-25-28-30-32-34-36-38-40-42-44-46-48-50-52-54-56-59-62-65-68-71-74-81(85)83-79(78-90-92(87,88)89-77-76-84(4,5)6)80(73-70-67-64-61-58-27-24-21-18-15-12-9-3)91-82(86)75-72-69-66-63-60-57-55-53-51-49-47-45-43-41-39-37-35-33-31-29-26-23-20-17-14-11-8-2/h19-20,22-23,28-31,70,73,79-80H,7-18,21,24-27,32-69,71-72,74-78H2,1-6H3,(H-,83,85,87,88)/b22-19-,23-20-,30-28-,31-29-,73-70+. The van der Waals surface area contributed by atoms with E-state index in [0.717, 1.165) is 70.6 Å². The van der Waals surface area contributed by atoms with Gasteiger partial charge in [0.2, 0.25) is 5.91 Å². The topological polar surface area (TPSA) is 114 Å². The second-order valence-electron chi connectivity index (χ2n) is 28.6. The molecule has 0 heterocycles. The molecule has 0 saturated heterocycles. The third kappa shape index (κ3) is 72.0. The number of carbonyl (C=O) groups is 2. The predicted molar refractivity (Wildman–Crippen MR) is 399 cm³/mol. The van der Waals surface area contributed by atoms with Crippen molar-refractivity contribution in [2.45, 2.75) is 412 Å². The average Bonchev–Trinajstić information content (AvgIpc) is 3.69. The zero-order valence-electron chi connectivity index (χ0n) is 62.0. The number of ether oxygens (including phenoxy) is 1. The summed E-state index contributed by atoms with van der Waals surface area (Å²) >= 11 is 0. The van der Waals surface area contributed by atoms with Crippen LogP contribution in [0.1, 0.15) is 400 Å². The van der Waals surface area contributed by atoms with Gasteiger partial charge in [0.1, 0.15) is 19.3 Å². The SMILES string of the molecule is CCCCC/C=C\C/C=C\CCCCCCCCCCCCCCCCCCCC(=O)NC(COP(=O)([O-])OCC[N+](C)(C)C)C(/C=C/CCCCCCCCCCCC)OC(=O)CCCCCCCCCCCCCCCCCCC/C=C\C/C=C\CCCCC. The van der Waals surface area contributed by atoms with Gasteiger partial charge in [0.25, 0.3) is 7.82 Å². The van der Waals surface area contributed by atoms with Crippen molar-refractivity contribution < 1.29 is 37.3 Å². The molecule has 1 N–H and O–H groups in total. The molecule has 1 amide bonds. The Labute approximate surface area is 572 Å². The first-order valence-corrected chi connectivity index (χ1v) is 41.6. The Balaban J connectivity index is 4.88. The van der Waals surface area contributed by atoms with Crippen LogP contribution in [0.5, 0.6) is 0 Å². The van der Waals surface area contributed by atoms with Gasteiger partial charge in [-0.25, -0.2) is 0 Å². The molecule has 0 fully saturated rings. The van der Waals surface area contributed by atoms with Crippen LogP contribution in [0.25, 0.3) is 0 Å². The van der Waals surface area contributed by atoms with Crippen LogP contribution in [0.3, 0.4) is 0 Å². The van der Waals surface area contributed by atoms with Crippen molar-refractivity contribution in [3.8, 4) is 0 Å². The lowest BCUT2D eigenvalue weighted by Gasteiger charge is -2.30. The van der Waals surface area contributed by atoms with Crippen molar-refractivity contribution in [1.29, 1.82) is 0 Å². The van der Waals surface area contributed by atoms with E-state index in [1.807, 2.05) is 33.3 Å². The van der Waals surface area contributed by atoms with E-state index in [1.165, 1.54) is 295 Å². The van der Waals surface area contributed by atoms with E-state index in [-0.39, 0.29) is 31.5 Å². The number of phosphoric acid groups is 1. The van der Waals surface area contributed by atoms with Crippen LogP contribution in [0.4, 0.5) is 0 Å². The van der Waals surface area contributed by atoms with Gasteiger partial charge in [0.05, 0.1) is 33.8 Å². The van der Waals surface area contributed by atoms with Gasteiger partial charge < -0.3 is 28.5 Å². The molecule has 540 valence electrons. The second-order valence-corrected chi connectivity index (χ2v) is 30.0. The number of carbonyl (C=O) groups excluding carboxylic acids is 2. The molecule has 9 nitrogen and oxygen atoms in total. The lowest BCUT2D eigenvalue weighted by Crippen LogP contribution is -2.47. The largest absolute Gasteiger partial charge is 0.756 e. The number of nitrogens with one attached hydrogen (secondary N) is 1. The van der Waals surface area contributed by atoms with Gasteiger partial charge in [-0.15, -0.1) is 0 Å². The molecular formula is C82H155N2O7P. The number of amides is 1. The third-order valence-corrected chi connectivity index (χ3v) is 19.1. The van der Waals surface area contributed by atoms with E-state index in [2.05, 4.69) is 74.7 Å². The normalized spacial score (nSPS) is 13.7. The Kier molecular flexibility index (Phi) is 69.7. The third-order valence-electron chi connectivity index (χ3n) is 18.2. The van der Waals surface area contributed by atoms with Gasteiger partial charge >= 0.3 is 5.97 Å². The average molecular weight is 1310 g/mol. The molecule has 0 aromatic carbocycles. The fraction of sp³-hybridized carbons (Fsp3) is 0.854. The van der Waals surface area contributed by atoms with E-state index in [4.69, 9.17) is 13.8 Å². The van der Waals surface area contributed by atoms with Crippen molar-refractivity contribution in [3.63, 3.8) is 0 Å². The van der Waals surface area contributed by atoms with E-state index in [9.17, 15) is 19.0 Å². The van der Waals surface area contributed by atoms with E-state index in [0.29, 0.717) is 17.4 Å². The summed E-state index contributed by atoms with van der Waals surface area (Å²) in [5, 5.41) is 3.06. The Hall–Kier alpha value is -2.29. The van der Waals surface area contributed by atoms with Crippen molar-refractivity contribution in [1.82, 2.24) is 5.32 Å². The van der Waals surface area contributed by atoms with Gasteiger partial charge in [-0.1, -0.05) is 352 Å². The number of hydrogen-bond acceptors (Lipinski definition) is 7. The summed E-state index contributed by atoms with van der Waals surface area (Å²) in [6.45, 7) is 6.86. The van der Waals surface area contributed by atoms with Crippen molar-refractivity contribution >= 4 is 19.7 Å². The molecule has 92 heavy (non-hydrogen) atoms. The van der Waals surface area contributed by atoms with Crippen LogP contribution >= 0.6 is 7.82 Å². The molecule has 0 bridgehead atoms. The summed E-state index contributed by atoms with van der Waals surface area (Å²) in [6, 6.07) is -0.888. The summed E-state index contributed by atoms with van der Waals surface area (Å²) in [5.41, 5.74) is 0. The predicted octanol–water partition coefficient (Wildman–Crippen LogP) is 25.4. The van der Waals surface area contributed by atoms with E-state index >= 15 is 0 Å². The second kappa shape index (κ2) is 71.5. The highest BCUT2D eigenvalue weighted by atomic mass is 31.2. The quantitative estimate of drug-likeness (QED) is 0.0212. The summed E-state index contributed by atoms with van der Waals surface area (Å²) in [4.78, 5) is 40.3. The monoisotopic (exact) mass is 1310 g/mol. The maximum absolute atomic E-state index is 13.7. The van der Waals surface area contributed by atoms with Crippen LogP contribution in [0.2, 0.25) is 0 Å². The Bertz CT molecular complexity index is 1760. The maximum atomic E-state index is 13.7. The summed E-state index contributed by atoms with van der Waals surface area (Å²) < 4.78 is 30.6. The Morgan fingerprint density at radius 1 is 0.380 bits per heavy atom. The zero-order chi connectivity index (χ0) is 67.0. The molecule has 0 aliphatic heterocycles. The lowest BCUT2D eigenvalue weighted by atomic mass is 10.0. The molecule has 0 aromatic heterocycles. The van der Waals surface area contributed by atoms with Crippen LogP contribution in [0, 0.1) is 0 Å². The highest BCUT2D eigenvalue weighted by molar-refractivity contribution is 7.45. The first kappa shape index (κ1) is 89.7. The van der Waals surface area contributed by atoms with E-state index < -0.39 is 20.0 Å². The number of nitrogens with zero attached hydrogens (tertiary/aromatic N) is 1. The van der Waals surface area contributed by atoms with Crippen LogP contribution < -0.4 is 10.2 Å². The molecule has 0 aliphatic rings. The number of unbranched alkanes of at least 4 members (excludes halogenated alkanes) is 50. The molecule has 3 atom stereocenters. The van der Waals surface area contributed by atoms with Crippen molar-refractivity contribution in [2.75, 3.05) is 40.9 Å². The summed E-state index contributed by atoms with van der Waals surface area (Å²) in [7, 11) is 1.20. The highest BCUT2D eigenvalue weighted by Gasteiger charge is 2.27. The summed E-state index contributed by atoms with van der Waals surface area (Å²) in [6.07, 6.45) is 93.7. The molecule has 0 aromatic rings. The van der Waals surface area contributed by atoms with E-state index in [1.54, 1.807) is 0 Å². The van der Waals surface area contributed by atoms with Gasteiger partial charge in [-0.2, -0.15) is 0 Å². The first-order valence-electron chi connectivity index (χ1n) is 40.1. The number of rotatable bonds is 74. The molecule has 0 radical (unpaired) electrons. The van der Waals surface area contributed by atoms with Crippen LogP contribution in [-0.4, -0.2) is 69.4 Å². The Morgan fingerprint density at radius 2 is 0.663 bits per heavy atom. The minimum atomic E-state index is -4.71. The fourth-order valence-electron chi connectivity index (χ4n) is 12.0.